The Balaban J connectivity index is 1.28. The first kappa shape index (κ1) is 29.1. The van der Waals surface area contributed by atoms with Gasteiger partial charge in [0.15, 0.2) is 0 Å². The van der Waals surface area contributed by atoms with Gasteiger partial charge in [-0.15, -0.1) is 0 Å². The molecule has 0 spiro atoms. The molecule has 6 rings (SSSR count). The summed E-state index contributed by atoms with van der Waals surface area (Å²) in [5.41, 5.74) is 9.16. The van der Waals surface area contributed by atoms with Crippen molar-refractivity contribution in [1.82, 2.24) is 14.9 Å². The van der Waals surface area contributed by atoms with E-state index in [4.69, 9.17) is 4.98 Å². The molecule has 1 atom stereocenters. The molecular formula is C36H42N4O3. The van der Waals surface area contributed by atoms with Gasteiger partial charge in [0.1, 0.15) is 5.65 Å². The normalized spacial score (nSPS) is 16.4. The molecule has 1 fully saturated rings. The first-order chi connectivity index (χ1) is 20.9. The number of carbonyl (C=O) groups excluding carboxylic acids is 1. The lowest BCUT2D eigenvalue weighted by Gasteiger charge is -2.26. The summed E-state index contributed by atoms with van der Waals surface area (Å²) in [6.45, 7) is 5.20. The molecule has 2 aliphatic rings. The number of hydrogen-bond acceptors (Lipinski definition) is 4. The summed E-state index contributed by atoms with van der Waals surface area (Å²) in [7, 11) is 0. The largest absolute Gasteiger partial charge is 0.351 e. The van der Waals surface area contributed by atoms with Gasteiger partial charge in [-0.3, -0.25) is 14.9 Å². The highest BCUT2D eigenvalue weighted by Crippen LogP contribution is 2.37. The molecule has 1 saturated carbocycles. The second-order valence-electron chi connectivity index (χ2n) is 12.6. The molecule has 7 heteroatoms. The maximum Gasteiger partial charge on any atom is 0.274 e. The monoisotopic (exact) mass is 578 g/mol. The molecule has 43 heavy (non-hydrogen) atoms. The summed E-state index contributed by atoms with van der Waals surface area (Å²) in [6, 6.07) is 17.5. The maximum absolute atomic E-state index is 13.8. The molecule has 0 radical (unpaired) electrons. The predicted molar refractivity (Wildman–Crippen MR) is 170 cm³/mol. The fourth-order valence-corrected chi connectivity index (χ4v) is 7.57. The van der Waals surface area contributed by atoms with Crippen LogP contribution in [0.1, 0.15) is 96.5 Å². The van der Waals surface area contributed by atoms with E-state index in [9.17, 15) is 14.9 Å². The van der Waals surface area contributed by atoms with Crippen molar-refractivity contribution in [1.29, 1.82) is 0 Å². The van der Waals surface area contributed by atoms with Crippen LogP contribution >= 0.6 is 0 Å². The van der Waals surface area contributed by atoms with E-state index in [1.807, 2.05) is 0 Å². The summed E-state index contributed by atoms with van der Waals surface area (Å²) in [6.07, 6.45) is 11.4. The van der Waals surface area contributed by atoms with E-state index in [0.717, 1.165) is 62.0 Å². The van der Waals surface area contributed by atoms with Gasteiger partial charge in [-0.2, -0.15) is 0 Å². The number of aromatic nitrogens is 2. The number of nitrogens with zero attached hydrogens (tertiary/aromatic N) is 3. The minimum atomic E-state index is -0.383. The lowest BCUT2D eigenvalue weighted by atomic mass is 9.80. The van der Waals surface area contributed by atoms with E-state index in [1.54, 1.807) is 18.2 Å². The van der Waals surface area contributed by atoms with E-state index in [-0.39, 0.29) is 34.9 Å². The molecule has 0 bridgehead atoms. The van der Waals surface area contributed by atoms with Crippen molar-refractivity contribution in [3.05, 3.63) is 104 Å². The zero-order valence-electron chi connectivity index (χ0n) is 25.4. The number of para-hydroxylation sites is 1. The highest BCUT2D eigenvalue weighted by molar-refractivity contribution is 5.86. The fraction of sp³-hybridized carbons (Fsp3) is 0.444. The minimum Gasteiger partial charge on any atom is -0.351 e. The minimum absolute atomic E-state index is 0.0396. The molecule has 0 aliphatic heterocycles. The molecule has 7 nitrogen and oxygen atoms in total. The highest BCUT2D eigenvalue weighted by atomic mass is 16.6. The van der Waals surface area contributed by atoms with Gasteiger partial charge in [-0.1, -0.05) is 68.1 Å². The van der Waals surface area contributed by atoms with Crippen molar-refractivity contribution in [2.45, 2.75) is 97.1 Å². The van der Waals surface area contributed by atoms with E-state index >= 15 is 0 Å². The number of amides is 1. The number of nitro groups is 1. The van der Waals surface area contributed by atoms with Crippen LogP contribution in [-0.2, 0) is 30.7 Å². The van der Waals surface area contributed by atoms with E-state index < -0.39 is 0 Å². The third-order valence-electron chi connectivity index (χ3n) is 9.62. The molecule has 224 valence electrons. The topological polar surface area (TPSA) is 90.1 Å². The van der Waals surface area contributed by atoms with Gasteiger partial charge in [0.25, 0.3) is 5.69 Å². The van der Waals surface area contributed by atoms with Crippen LogP contribution in [0.15, 0.2) is 54.6 Å². The lowest BCUT2D eigenvalue weighted by Crippen LogP contribution is -2.33. The van der Waals surface area contributed by atoms with Crippen LogP contribution in [0.25, 0.3) is 11.0 Å². The Labute approximate surface area is 253 Å². The van der Waals surface area contributed by atoms with Crippen molar-refractivity contribution in [2.75, 3.05) is 0 Å². The van der Waals surface area contributed by atoms with Crippen LogP contribution in [0.2, 0.25) is 0 Å². The average molecular weight is 579 g/mol. The zero-order valence-corrected chi connectivity index (χ0v) is 25.4. The third kappa shape index (κ3) is 6.08. The second-order valence-corrected chi connectivity index (χ2v) is 12.6. The average Bonchev–Trinajstić information content (AvgIpc) is 3.12. The molecule has 1 N–H and O–H groups in total. The number of rotatable bonds is 8. The summed E-state index contributed by atoms with van der Waals surface area (Å²) in [5, 5.41) is 15.9. The Morgan fingerprint density at radius 3 is 2.47 bits per heavy atom. The van der Waals surface area contributed by atoms with Crippen molar-refractivity contribution >= 4 is 22.6 Å². The molecule has 1 unspecified atom stereocenters. The van der Waals surface area contributed by atoms with E-state index in [1.165, 1.54) is 59.5 Å². The Morgan fingerprint density at radius 2 is 1.72 bits per heavy atom. The highest BCUT2D eigenvalue weighted by Gasteiger charge is 2.31. The number of hydrogen-bond donors (Lipinski definition) is 1. The summed E-state index contributed by atoms with van der Waals surface area (Å²) in [4.78, 5) is 30.0. The molecule has 2 aliphatic carbocycles. The summed E-state index contributed by atoms with van der Waals surface area (Å²) >= 11 is 0. The van der Waals surface area contributed by atoms with Crippen LogP contribution in [0.5, 0.6) is 0 Å². The predicted octanol–water partition coefficient (Wildman–Crippen LogP) is 7.86. The Bertz CT molecular complexity index is 1630. The van der Waals surface area contributed by atoms with Crippen LogP contribution < -0.4 is 5.32 Å². The Hall–Kier alpha value is -4.00. The van der Waals surface area contributed by atoms with Crippen molar-refractivity contribution < 1.29 is 9.72 Å². The van der Waals surface area contributed by atoms with Gasteiger partial charge in [-0.05, 0) is 86.6 Å². The lowest BCUT2D eigenvalue weighted by molar-refractivity contribution is -0.385. The fourth-order valence-electron chi connectivity index (χ4n) is 7.57. The molecule has 1 amide bonds. The number of carbonyl (C=O) groups is 1. The van der Waals surface area contributed by atoms with E-state index in [0.29, 0.717) is 5.56 Å². The smallest absolute Gasteiger partial charge is 0.274 e. The van der Waals surface area contributed by atoms with Crippen molar-refractivity contribution in [3.63, 3.8) is 0 Å². The summed E-state index contributed by atoms with van der Waals surface area (Å²) < 4.78 is 2.43. The van der Waals surface area contributed by atoms with Crippen LogP contribution in [0.4, 0.5) is 5.69 Å². The van der Waals surface area contributed by atoms with Gasteiger partial charge in [0.05, 0.1) is 10.8 Å². The van der Waals surface area contributed by atoms with Gasteiger partial charge in [-0.25, -0.2) is 4.98 Å². The quantitative estimate of drug-likeness (QED) is 0.131. The molecular weight excluding hydrogens is 536 g/mol. The molecule has 2 heterocycles. The number of nitrogens with one attached hydrogen (secondary N) is 1. The molecule has 2 aromatic carbocycles. The van der Waals surface area contributed by atoms with Crippen molar-refractivity contribution in [3.8, 4) is 0 Å². The molecule has 2 aromatic heterocycles. The van der Waals surface area contributed by atoms with Gasteiger partial charge < -0.3 is 9.88 Å². The van der Waals surface area contributed by atoms with Crippen LogP contribution in [-0.4, -0.2) is 20.4 Å². The number of fused-ring (bicyclic) bond motifs is 3. The van der Waals surface area contributed by atoms with Gasteiger partial charge in [0, 0.05) is 41.5 Å². The summed E-state index contributed by atoms with van der Waals surface area (Å²) in [5.74, 6) is -0.0600. The van der Waals surface area contributed by atoms with E-state index in [2.05, 4.69) is 54.1 Å². The zero-order chi connectivity index (χ0) is 29.9. The number of pyridine rings is 1. The number of aryl methyl sites for hydroxylation is 3. The van der Waals surface area contributed by atoms with Crippen LogP contribution in [0, 0.1) is 29.9 Å². The van der Waals surface area contributed by atoms with Crippen LogP contribution in [0.3, 0.4) is 0 Å². The standard InChI is InChI=1S/C36H42N4O3/c1-24-21-25(2)38-35-33(24)30-14-8-10-16-32(30)39(35)23-26-17-19-28(20-18-26)34(27-11-5-3-4-6-12-27)36(41)37-22-29-13-7-9-15-31(29)40(42)43/h7,9,13,15,17-21,27,34H,3-6,8,10-12,14,16,22-23H2,1-2H3,(H,37,41). The second kappa shape index (κ2) is 12.7. The first-order valence-corrected chi connectivity index (χ1v) is 16.0. The number of benzene rings is 2. The molecule has 4 aromatic rings. The van der Waals surface area contributed by atoms with Gasteiger partial charge in [0.2, 0.25) is 5.91 Å². The third-order valence-corrected chi connectivity index (χ3v) is 9.62. The Morgan fingerprint density at radius 1 is 1.00 bits per heavy atom. The maximum atomic E-state index is 13.8. The Kier molecular flexibility index (Phi) is 8.59. The SMILES string of the molecule is Cc1cc(C)c2c3c(n(Cc4ccc(C(C(=O)NCc5ccccc5[N+](=O)[O-])C5CCCCCC5)cc4)c2n1)CCCC3. The van der Waals surface area contributed by atoms with Crippen molar-refractivity contribution in [2.24, 2.45) is 5.92 Å². The van der Waals surface area contributed by atoms with Gasteiger partial charge >= 0.3 is 0 Å². The first-order valence-electron chi connectivity index (χ1n) is 16.0. The number of nitro benzene ring substituents is 1. The molecule has 0 saturated heterocycles.